The highest BCUT2D eigenvalue weighted by molar-refractivity contribution is 7.92. The molecule has 1 heterocycles. The van der Waals surface area contributed by atoms with Crippen LogP contribution in [0.5, 0.6) is 0 Å². The van der Waals surface area contributed by atoms with Crippen LogP contribution in [0.1, 0.15) is 21.7 Å². The van der Waals surface area contributed by atoms with Crippen LogP contribution in [-0.4, -0.2) is 30.4 Å². The molecule has 0 fully saturated rings. The maximum Gasteiger partial charge on any atom is 0.257 e. The first-order valence-corrected chi connectivity index (χ1v) is 8.46. The monoisotopic (exact) mass is 322 g/mol. The quantitative estimate of drug-likeness (QED) is 0.895. The van der Waals surface area contributed by atoms with Crippen molar-refractivity contribution in [2.45, 2.75) is 13.8 Å². The SMILES string of the molecule is Cc1nn(C)c(C)c1NC(=O)c1ccccc1NS(C)(=O)=O. The van der Waals surface area contributed by atoms with Crippen LogP contribution in [0.2, 0.25) is 0 Å². The van der Waals surface area contributed by atoms with Crippen LogP contribution in [0.3, 0.4) is 0 Å². The zero-order valence-electron chi connectivity index (χ0n) is 12.8. The van der Waals surface area contributed by atoms with Gasteiger partial charge < -0.3 is 5.32 Å². The van der Waals surface area contributed by atoms with E-state index in [1.54, 1.807) is 42.9 Å². The van der Waals surface area contributed by atoms with E-state index in [2.05, 4.69) is 15.1 Å². The van der Waals surface area contributed by atoms with Crippen molar-refractivity contribution in [3.05, 3.63) is 41.2 Å². The predicted octanol–water partition coefficient (Wildman–Crippen LogP) is 1.66. The van der Waals surface area contributed by atoms with E-state index in [0.29, 0.717) is 11.4 Å². The van der Waals surface area contributed by atoms with Gasteiger partial charge in [-0.05, 0) is 26.0 Å². The molecule has 0 aliphatic carbocycles. The molecule has 2 rings (SSSR count). The molecule has 2 N–H and O–H groups in total. The summed E-state index contributed by atoms with van der Waals surface area (Å²) in [7, 11) is -1.68. The van der Waals surface area contributed by atoms with Crippen LogP contribution in [0.15, 0.2) is 24.3 Å². The number of para-hydroxylation sites is 1. The summed E-state index contributed by atoms with van der Waals surface area (Å²) >= 11 is 0. The highest BCUT2D eigenvalue weighted by Crippen LogP contribution is 2.22. The molecule has 0 saturated heterocycles. The van der Waals surface area contributed by atoms with E-state index in [1.807, 2.05) is 6.92 Å². The summed E-state index contributed by atoms with van der Waals surface area (Å²) in [6.07, 6.45) is 1.04. The second-order valence-electron chi connectivity index (χ2n) is 5.04. The van der Waals surface area contributed by atoms with Crippen molar-refractivity contribution in [3.8, 4) is 0 Å². The third-order valence-electron chi connectivity index (χ3n) is 3.21. The summed E-state index contributed by atoms with van der Waals surface area (Å²) in [4.78, 5) is 12.5. The highest BCUT2D eigenvalue weighted by atomic mass is 32.2. The summed E-state index contributed by atoms with van der Waals surface area (Å²) in [6.45, 7) is 3.64. The Bertz CT molecular complexity index is 825. The number of anilines is 2. The van der Waals surface area contributed by atoms with Gasteiger partial charge in [-0.1, -0.05) is 12.1 Å². The lowest BCUT2D eigenvalue weighted by Gasteiger charge is -2.11. The van der Waals surface area contributed by atoms with Crippen LogP contribution < -0.4 is 10.0 Å². The zero-order valence-corrected chi connectivity index (χ0v) is 13.7. The summed E-state index contributed by atoms with van der Waals surface area (Å²) in [5.74, 6) is -0.397. The predicted molar refractivity (Wildman–Crippen MR) is 85.5 cm³/mol. The summed E-state index contributed by atoms with van der Waals surface area (Å²) < 4.78 is 26.8. The fourth-order valence-electron chi connectivity index (χ4n) is 2.11. The maximum absolute atomic E-state index is 12.5. The summed E-state index contributed by atoms with van der Waals surface area (Å²) in [5, 5.41) is 7.01. The van der Waals surface area contributed by atoms with Gasteiger partial charge in [0.1, 0.15) is 0 Å². The van der Waals surface area contributed by atoms with Crippen molar-refractivity contribution in [1.29, 1.82) is 0 Å². The van der Waals surface area contributed by atoms with Gasteiger partial charge in [0.25, 0.3) is 5.91 Å². The van der Waals surface area contributed by atoms with Crippen molar-refractivity contribution in [1.82, 2.24) is 9.78 Å². The largest absolute Gasteiger partial charge is 0.319 e. The number of carbonyl (C=O) groups excluding carboxylic acids is 1. The number of hydrogen-bond donors (Lipinski definition) is 2. The molecule has 0 radical (unpaired) electrons. The van der Waals surface area contributed by atoms with Gasteiger partial charge in [0.05, 0.1) is 34.6 Å². The molecule has 2 aromatic rings. The van der Waals surface area contributed by atoms with Crippen LogP contribution >= 0.6 is 0 Å². The van der Waals surface area contributed by atoms with E-state index in [-0.39, 0.29) is 11.3 Å². The first-order valence-electron chi connectivity index (χ1n) is 6.57. The molecule has 1 aromatic heterocycles. The van der Waals surface area contributed by atoms with Crippen LogP contribution in [-0.2, 0) is 17.1 Å². The normalized spacial score (nSPS) is 11.3. The Balaban J connectivity index is 2.34. The molecule has 0 aliphatic heterocycles. The molecule has 0 spiro atoms. The lowest BCUT2D eigenvalue weighted by molar-refractivity contribution is 0.102. The van der Waals surface area contributed by atoms with Gasteiger partial charge in [-0.15, -0.1) is 0 Å². The second-order valence-corrected chi connectivity index (χ2v) is 6.79. The number of nitrogens with one attached hydrogen (secondary N) is 2. The third kappa shape index (κ3) is 3.45. The van der Waals surface area contributed by atoms with Crippen molar-refractivity contribution in [3.63, 3.8) is 0 Å². The summed E-state index contributed by atoms with van der Waals surface area (Å²) in [6, 6.07) is 6.43. The number of nitrogens with zero attached hydrogens (tertiary/aromatic N) is 2. The first kappa shape index (κ1) is 16.0. The number of carbonyl (C=O) groups is 1. The van der Waals surface area contributed by atoms with Crippen molar-refractivity contribution in [2.75, 3.05) is 16.3 Å². The third-order valence-corrected chi connectivity index (χ3v) is 3.81. The van der Waals surface area contributed by atoms with E-state index in [9.17, 15) is 13.2 Å². The molecule has 0 atom stereocenters. The van der Waals surface area contributed by atoms with E-state index < -0.39 is 15.9 Å². The lowest BCUT2D eigenvalue weighted by atomic mass is 10.1. The average Bonchev–Trinajstić information content (AvgIpc) is 2.64. The molecule has 7 nitrogen and oxygen atoms in total. The average molecular weight is 322 g/mol. The fraction of sp³-hybridized carbons (Fsp3) is 0.286. The first-order chi connectivity index (χ1) is 10.2. The number of rotatable bonds is 4. The molecular formula is C14H18N4O3S. The smallest absolute Gasteiger partial charge is 0.257 e. The Morgan fingerprint density at radius 1 is 1.23 bits per heavy atom. The highest BCUT2D eigenvalue weighted by Gasteiger charge is 2.17. The molecule has 8 heteroatoms. The Labute approximate surface area is 129 Å². The minimum absolute atomic E-state index is 0.238. The molecule has 22 heavy (non-hydrogen) atoms. The molecule has 118 valence electrons. The molecule has 1 aromatic carbocycles. The number of aromatic nitrogens is 2. The van der Waals surface area contributed by atoms with Gasteiger partial charge in [-0.25, -0.2) is 8.42 Å². The molecule has 0 aliphatic rings. The van der Waals surface area contributed by atoms with E-state index in [4.69, 9.17) is 0 Å². The van der Waals surface area contributed by atoms with E-state index >= 15 is 0 Å². The molecule has 0 bridgehead atoms. The van der Waals surface area contributed by atoms with Crippen molar-refractivity contribution in [2.24, 2.45) is 7.05 Å². The lowest BCUT2D eigenvalue weighted by Crippen LogP contribution is -2.18. The Hall–Kier alpha value is -2.35. The number of sulfonamides is 1. The van der Waals surface area contributed by atoms with Crippen LogP contribution in [0.4, 0.5) is 11.4 Å². The van der Waals surface area contributed by atoms with Gasteiger partial charge in [-0.3, -0.25) is 14.2 Å². The van der Waals surface area contributed by atoms with Gasteiger partial charge in [0, 0.05) is 7.05 Å². The molecule has 0 unspecified atom stereocenters. The van der Waals surface area contributed by atoms with Gasteiger partial charge >= 0.3 is 0 Å². The van der Waals surface area contributed by atoms with Crippen LogP contribution in [0.25, 0.3) is 0 Å². The topological polar surface area (TPSA) is 93.1 Å². The minimum atomic E-state index is -3.46. The van der Waals surface area contributed by atoms with Gasteiger partial charge in [0.2, 0.25) is 10.0 Å². The fourth-order valence-corrected chi connectivity index (χ4v) is 2.68. The summed E-state index contributed by atoms with van der Waals surface area (Å²) in [5.41, 5.74) is 2.63. The molecular weight excluding hydrogens is 304 g/mol. The van der Waals surface area contributed by atoms with Crippen LogP contribution in [0, 0.1) is 13.8 Å². The van der Waals surface area contributed by atoms with Gasteiger partial charge in [-0.2, -0.15) is 5.10 Å². The number of aryl methyl sites for hydroxylation is 2. The van der Waals surface area contributed by atoms with E-state index in [1.165, 1.54) is 0 Å². The van der Waals surface area contributed by atoms with Crippen molar-refractivity contribution < 1.29 is 13.2 Å². The standard InChI is InChI=1S/C14H18N4O3S/c1-9-13(10(2)18(3)16-9)15-14(19)11-7-5-6-8-12(11)17-22(4,20)21/h5-8,17H,1-4H3,(H,15,19). The maximum atomic E-state index is 12.5. The molecule has 0 saturated carbocycles. The number of amides is 1. The Kier molecular flexibility index (Phi) is 4.23. The zero-order chi connectivity index (χ0) is 16.5. The molecule has 1 amide bonds. The Morgan fingerprint density at radius 3 is 2.41 bits per heavy atom. The number of hydrogen-bond acceptors (Lipinski definition) is 4. The second kappa shape index (κ2) is 5.80. The van der Waals surface area contributed by atoms with Gasteiger partial charge in [0.15, 0.2) is 0 Å². The number of benzene rings is 1. The van der Waals surface area contributed by atoms with Crippen molar-refractivity contribution >= 4 is 27.3 Å². The Morgan fingerprint density at radius 2 is 1.86 bits per heavy atom. The minimum Gasteiger partial charge on any atom is -0.319 e. The van der Waals surface area contributed by atoms with E-state index in [0.717, 1.165) is 11.9 Å².